The second-order valence-corrected chi connectivity index (χ2v) is 6.49. The summed E-state index contributed by atoms with van der Waals surface area (Å²) in [6.07, 6.45) is 0. The maximum atomic E-state index is 11.5. The van der Waals surface area contributed by atoms with Gasteiger partial charge in [-0.1, -0.05) is 0 Å². The third-order valence-electron chi connectivity index (χ3n) is 3.18. The molecule has 0 aromatic heterocycles. The van der Waals surface area contributed by atoms with E-state index < -0.39 is 10.0 Å². The van der Waals surface area contributed by atoms with E-state index in [0.29, 0.717) is 30.1 Å². The summed E-state index contributed by atoms with van der Waals surface area (Å²) in [5.41, 5.74) is 7.35. The zero-order valence-corrected chi connectivity index (χ0v) is 13.5. The van der Waals surface area contributed by atoms with Crippen molar-refractivity contribution in [2.45, 2.75) is 11.8 Å². The van der Waals surface area contributed by atoms with E-state index in [1.807, 2.05) is 7.05 Å². The van der Waals surface area contributed by atoms with Gasteiger partial charge >= 0.3 is 0 Å². The van der Waals surface area contributed by atoms with Gasteiger partial charge in [0.2, 0.25) is 10.0 Å². The number of ether oxygens (including phenoxy) is 1. The Morgan fingerprint density at radius 3 is 2.57 bits per heavy atom. The third kappa shape index (κ3) is 5.50. The average molecular weight is 316 g/mol. The van der Waals surface area contributed by atoms with Crippen LogP contribution in [0, 0.1) is 6.92 Å². The Hall–Kier alpha value is -1.35. The van der Waals surface area contributed by atoms with E-state index in [-0.39, 0.29) is 4.90 Å². The van der Waals surface area contributed by atoms with Crippen LogP contribution in [-0.4, -0.2) is 53.7 Å². The highest BCUT2D eigenvalue weighted by atomic mass is 32.2. The number of nitrogens with one attached hydrogen (secondary N) is 1. The molecule has 0 aliphatic rings. The molecular weight excluding hydrogens is 292 g/mol. The lowest BCUT2D eigenvalue weighted by Crippen LogP contribution is -2.28. The maximum absolute atomic E-state index is 11.5. The van der Waals surface area contributed by atoms with Gasteiger partial charge in [-0.15, -0.1) is 0 Å². The molecule has 0 aliphatic heterocycles. The second kappa shape index (κ2) is 7.60. The molecule has 1 rings (SSSR count). The Labute approximate surface area is 126 Å². The lowest BCUT2D eigenvalue weighted by Gasteiger charge is -2.18. The largest absolute Gasteiger partial charge is 0.399 e. The minimum Gasteiger partial charge on any atom is -0.399 e. The van der Waals surface area contributed by atoms with E-state index >= 15 is 0 Å². The maximum Gasteiger partial charge on any atom is 0.238 e. The van der Waals surface area contributed by atoms with E-state index in [2.05, 4.69) is 10.2 Å². The number of hydrogen-bond donors (Lipinski definition) is 3. The molecular formula is C13H24N4O3S. The molecule has 1 aromatic rings. The number of sulfonamides is 1. The third-order valence-corrected chi connectivity index (χ3v) is 4.21. The Bertz CT molecular complexity index is 575. The number of primary sulfonamides is 1. The summed E-state index contributed by atoms with van der Waals surface area (Å²) >= 11 is 0. The first-order valence-corrected chi connectivity index (χ1v) is 8.14. The summed E-state index contributed by atoms with van der Waals surface area (Å²) in [5.74, 6) is 0. The van der Waals surface area contributed by atoms with Gasteiger partial charge in [-0.2, -0.15) is 0 Å². The van der Waals surface area contributed by atoms with E-state index in [1.54, 1.807) is 20.1 Å². The van der Waals surface area contributed by atoms with Gasteiger partial charge in [-0.25, -0.2) is 13.6 Å². The van der Waals surface area contributed by atoms with Crippen LogP contribution < -0.4 is 16.2 Å². The molecule has 0 radical (unpaired) electrons. The SMILES string of the molecule is COCCN(C)CCNc1cc(N)cc(S(N)(=O)=O)c1C. The molecule has 120 valence electrons. The van der Waals surface area contributed by atoms with Crippen LogP contribution in [0.4, 0.5) is 11.4 Å². The number of benzene rings is 1. The highest BCUT2D eigenvalue weighted by Crippen LogP contribution is 2.25. The van der Waals surface area contributed by atoms with Crippen molar-refractivity contribution in [1.82, 2.24) is 4.90 Å². The molecule has 7 nitrogen and oxygen atoms in total. The van der Waals surface area contributed by atoms with Crippen molar-refractivity contribution >= 4 is 21.4 Å². The van der Waals surface area contributed by atoms with Crippen LogP contribution in [0.3, 0.4) is 0 Å². The average Bonchev–Trinajstić information content (AvgIpc) is 2.38. The molecule has 0 saturated carbocycles. The van der Waals surface area contributed by atoms with Crippen LogP contribution in [0.25, 0.3) is 0 Å². The number of hydrogen-bond acceptors (Lipinski definition) is 6. The molecule has 5 N–H and O–H groups in total. The first-order chi connectivity index (χ1) is 9.75. The monoisotopic (exact) mass is 316 g/mol. The van der Waals surface area contributed by atoms with Crippen LogP contribution in [0.5, 0.6) is 0 Å². The fourth-order valence-corrected chi connectivity index (χ4v) is 2.77. The summed E-state index contributed by atoms with van der Waals surface area (Å²) < 4.78 is 28.1. The smallest absolute Gasteiger partial charge is 0.238 e. The number of nitrogens with zero attached hydrogens (tertiary/aromatic N) is 1. The molecule has 0 heterocycles. The van der Waals surface area contributed by atoms with Crippen molar-refractivity contribution in [2.24, 2.45) is 5.14 Å². The Kier molecular flexibility index (Phi) is 6.41. The lowest BCUT2D eigenvalue weighted by molar-refractivity contribution is 0.163. The molecule has 0 atom stereocenters. The Morgan fingerprint density at radius 2 is 2.00 bits per heavy atom. The fourth-order valence-electron chi connectivity index (χ4n) is 1.93. The van der Waals surface area contributed by atoms with Crippen LogP contribution in [-0.2, 0) is 14.8 Å². The number of methoxy groups -OCH3 is 1. The first kappa shape index (κ1) is 17.7. The molecule has 0 amide bonds. The number of rotatable bonds is 8. The van der Waals surface area contributed by atoms with Gasteiger partial charge < -0.3 is 20.7 Å². The zero-order valence-electron chi connectivity index (χ0n) is 12.7. The fraction of sp³-hybridized carbons (Fsp3) is 0.538. The van der Waals surface area contributed by atoms with Crippen molar-refractivity contribution in [3.8, 4) is 0 Å². The van der Waals surface area contributed by atoms with Gasteiger partial charge in [0, 0.05) is 38.1 Å². The number of anilines is 2. The van der Waals surface area contributed by atoms with E-state index in [4.69, 9.17) is 15.6 Å². The van der Waals surface area contributed by atoms with E-state index in [9.17, 15) is 8.42 Å². The Balaban J connectivity index is 2.74. The molecule has 0 bridgehead atoms. The van der Waals surface area contributed by atoms with Gasteiger partial charge in [0.25, 0.3) is 0 Å². The van der Waals surface area contributed by atoms with Gasteiger partial charge in [-0.05, 0) is 31.7 Å². The number of likely N-dealkylation sites (N-methyl/N-ethyl adjacent to an activating group) is 1. The predicted molar refractivity (Wildman–Crippen MR) is 84.8 cm³/mol. The quantitative estimate of drug-likeness (QED) is 0.592. The molecule has 0 unspecified atom stereocenters. The van der Waals surface area contributed by atoms with Crippen LogP contribution in [0.2, 0.25) is 0 Å². The van der Waals surface area contributed by atoms with Gasteiger partial charge in [0.15, 0.2) is 0 Å². The van der Waals surface area contributed by atoms with Crippen LogP contribution in [0.15, 0.2) is 17.0 Å². The highest BCUT2D eigenvalue weighted by molar-refractivity contribution is 7.89. The van der Waals surface area contributed by atoms with Crippen molar-refractivity contribution < 1.29 is 13.2 Å². The lowest BCUT2D eigenvalue weighted by atomic mass is 10.2. The summed E-state index contributed by atoms with van der Waals surface area (Å²) in [4.78, 5) is 2.16. The normalized spacial score (nSPS) is 11.9. The molecule has 0 spiro atoms. The molecule has 1 aromatic carbocycles. The van der Waals surface area contributed by atoms with Crippen LogP contribution in [0.1, 0.15) is 5.56 Å². The summed E-state index contributed by atoms with van der Waals surface area (Å²) in [5, 5.41) is 8.38. The summed E-state index contributed by atoms with van der Waals surface area (Å²) in [6.45, 7) is 4.66. The minimum atomic E-state index is -3.78. The number of nitrogens with two attached hydrogens (primary N) is 2. The van der Waals surface area contributed by atoms with Crippen molar-refractivity contribution in [1.29, 1.82) is 0 Å². The molecule has 0 fully saturated rings. The molecule has 21 heavy (non-hydrogen) atoms. The highest BCUT2D eigenvalue weighted by Gasteiger charge is 2.15. The van der Waals surface area contributed by atoms with Crippen molar-refractivity contribution in [3.63, 3.8) is 0 Å². The predicted octanol–water partition coefficient (Wildman–Crippen LogP) is 0.215. The van der Waals surface area contributed by atoms with Gasteiger partial charge in [-0.3, -0.25) is 0 Å². The molecule has 0 aliphatic carbocycles. The Morgan fingerprint density at radius 1 is 1.33 bits per heavy atom. The number of nitrogen functional groups attached to an aromatic ring is 1. The minimum absolute atomic E-state index is 0.0535. The second-order valence-electron chi connectivity index (χ2n) is 4.96. The molecule has 0 saturated heterocycles. The zero-order chi connectivity index (χ0) is 16.0. The van der Waals surface area contributed by atoms with Gasteiger partial charge in [0.05, 0.1) is 11.5 Å². The van der Waals surface area contributed by atoms with Crippen LogP contribution >= 0.6 is 0 Å². The van der Waals surface area contributed by atoms with Crippen molar-refractivity contribution in [2.75, 3.05) is 51.4 Å². The first-order valence-electron chi connectivity index (χ1n) is 6.60. The van der Waals surface area contributed by atoms with Gasteiger partial charge in [0.1, 0.15) is 0 Å². The molecule has 8 heteroatoms. The van der Waals surface area contributed by atoms with E-state index in [1.165, 1.54) is 6.07 Å². The standard InChI is InChI=1S/C13H24N4O3S/c1-10-12(16-4-5-17(2)6-7-20-3)8-11(14)9-13(10)21(15,18)19/h8-9,16H,4-7,14H2,1-3H3,(H2,15,18,19). The topological polar surface area (TPSA) is 111 Å². The summed E-state index contributed by atoms with van der Waals surface area (Å²) in [7, 11) is -0.126. The summed E-state index contributed by atoms with van der Waals surface area (Å²) in [6, 6.07) is 3.08. The van der Waals surface area contributed by atoms with E-state index in [0.717, 1.165) is 13.1 Å². The van der Waals surface area contributed by atoms with Crippen molar-refractivity contribution in [3.05, 3.63) is 17.7 Å².